The summed E-state index contributed by atoms with van der Waals surface area (Å²) in [5, 5.41) is 13.7. The number of allylic oxidation sites excluding steroid dienone is 5. The molecule has 0 radical (unpaired) electrons. The summed E-state index contributed by atoms with van der Waals surface area (Å²) < 4.78 is 24.3. The van der Waals surface area contributed by atoms with E-state index in [0.717, 1.165) is 58.3 Å². The van der Waals surface area contributed by atoms with Gasteiger partial charge in [0.15, 0.2) is 0 Å². The second-order valence-corrected chi connectivity index (χ2v) is 22.5. The number of piperidine rings is 1. The molecule has 6 aliphatic carbocycles. The summed E-state index contributed by atoms with van der Waals surface area (Å²) in [6, 6.07) is 0. The number of carboxylic acids is 1. The van der Waals surface area contributed by atoms with Crippen molar-refractivity contribution in [2.75, 3.05) is 32.4 Å². The quantitative estimate of drug-likeness (QED) is 0.244. The van der Waals surface area contributed by atoms with Crippen molar-refractivity contribution in [2.45, 2.75) is 142 Å². The van der Waals surface area contributed by atoms with Crippen LogP contribution in [0.5, 0.6) is 0 Å². The number of hydrogen-bond donors (Lipinski definition) is 2. The van der Waals surface area contributed by atoms with Gasteiger partial charge >= 0.3 is 5.97 Å². The first kappa shape index (κ1) is 37.9. The van der Waals surface area contributed by atoms with E-state index in [4.69, 9.17) is 0 Å². The monoisotopic (exact) mass is 723 g/mol. The number of sulfone groups is 1. The first-order valence-corrected chi connectivity index (χ1v) is 22.8. The van der Waals surface area contributed by atoms with Gasteiger partial charge in [-0.1, -0.05) is 58.9 Å². The SMILES string of the molecule is C=C(C)[C@@H]1CC[C@]2(NCCN3CCC(S(C)(=O)=O)CC3)CC[C@]3(C)[C@H](CC[C@@H]4[C@@]5(C)CC=C(C6=CC[C@@H](C(=O)O)CC6)C(C)(C)[C@@H]5CC[C@]43C)[C@@H]12. The van der Waals surface area contributed by atoms with E-state index in [1.807, 2.05) is 0 Å². The first-order valence-electron chi connectivity index (χ1n) is 20.8. The third kappa shape index (κ3) is 5.99. The van der Waals surface area contributed by atoms with Crippen molar-refractivity contribution in [3.05, 3.63) is 35.5 Å². The lowest BCUT2D eigenvalue weighted by atomic mass is 9.33. The lowest BCUT2D eigenvalue weighted by molar-refractivity contribution is -0.221. The van der Waals surface area contributed by atoms with Crippen LogP contribution in [0.1, 0.15) is 131 Å². The largest absolute Gasteiger partial charge is 0.481 e. The molecule has 0 bridgehead atoms. The highest BCUT2D eigenvalue weighted by Gasteiger charge is 2.70. The lowest BCUT2D eigenvalue weighted by Gasteiger charge is -2.72. The average molecular weight is 723 g/mol. The van der Waals surface area contributed by atoms with E-state index in [-0.39, 0.29) is 27.5 Å². The zero-order chi connectivity index (χ0) is 36.8. The number of carbonyl (C=O) groups is 1. The van der Waals surface area contributed by atoms with E-state index in [0.29, 0.717) is 46.8 Å². The van der Waals surface area contributed by atoms with Crippen LogP contribution in [0.2, 0.25) is 0 Å². The maximum atomic E-state index is 12.1. The molecule has 7 heteroatoms. The molecule has 5 fully saturated rings. The molecule has 286 valence electrons. The summed E-state index contributed by atoms with van der Waals surface area (Å²) >= 11 is 0. The van der Waals surface area contributed by atoms with Crippen molar-refractivity contribution in [3.63, 3.8) is 0 Å². The minimum Gasteiger partial charge on any atom is -0.481 e. The van der Waals surface area contributed by atoms with Crippen molar-refractivity contribution in [1.82, 2.24) is 10.2 Å². The standard InChI is InChI=1S/C44H70N2O4S/c1-29(2)33-15-22-44(45-25-28-46-26-18-32(19-27-46)51(8,49)50)24-23-42(6)35(38(33)44)13-14-37-41(5)20-16-34(30-9-11-31(12-10-30)39(47)48)40(3,4)36(41)17-21-43(37,42)7/h9,16,31-33,35-38,45H,1,10-15,17-28H2,2-8H3,(H,47,48)/t31-,33+,35-,36+,37-,38-,41+,42-,43-,44+/m1/s1. The Labute approximate surface area is 310 Å². The molecule has 7 aliphatic rings. The predicted molar refractivity (Wildman–Crippen MR) is 208 cm³/mol. The molecule has 4 saturated carbocycles. The number of nitrogens with one attached hydrogen (secondary N) is 1. The Bertz CT molecular complexity index is 1570. The highest BCUT2D eigenvalue weighted by Crippen LogP contribution is 2.76. The Morgan fingerprint density at radius 1 is 0.922 bits per heavy atom. The van der Waals surface area contributed by atoms with Gasteiger partial charge in [0.1, 0.15) is 9.84 Å². The fourth-order valence-electron chi connectivity index (χ4n) is 14.9. The van der Waals surface area contributed by atoms with Crippen LogP contribution in [0.4, 0.5) is 0 Å². The Balaban J connectivity index is 1.11. The average Bonchev–Trinajstić information content (AvgIpc) is 3.45. The Hall–Kier alpha value is -1.44. The highest BCUT2D eigenvalue weighted by molar-refractivity contribution is 7.91. The van der Waals surface area contributed by atoms with Crippen molar-refractivity contribution in [3.8, 4) is 0 Å². The molecule has 0 aromatic rings. The smallest absolute Gasteiger partial charge is 0.306 e. The topological polar surface area (TPSA) is 86.7 Å². The van der Waals surface area contributed by atoms with Gasteiger partial charge in [0, 0.05) is 24.9 Å². The summed E-state index contributed by atoms with van der Waals surface area (Å²) in [4.78, 5) is 14.2. The minimum absolute atomic E-state index is 0.0934. The van der Waals surface area contributed by atoms with Crippen LogP contribution >= 0.6 is 0 Å². The van der Waals surface area contributed by atoms with Gasteiger partial charge in [0.2, 0.25) is 0 Å². The fourth-order valence-corrected chi connectivity index (χ4v) is 16.0. The van der Waals surface area contributed by atoms with Crippen LogP contribution in [0.3, 0.4) is 0 Å². The van der Waals surface area contributed by atoms with Gasteiger partial charge < -0.3 is 15.3 Å². The molecule has 10 atom stereocenters. The molecule has 1 saturated heterocycles. The molecular formula is C44H70N2O4S. The molecule has 0 unspecified atom stereocenters. The number of carboxylic acid groups (broad SMARTS) is 1. The summed E-state index contributed by atoms with van der Waals surface area (Å²) in [6.45, 7) is 23.9. The molecule has 0 aromatic carbocycles. The highest BCUT2D eigenvalue weighted by atomic mass is 32.2. The number of hydrogen-bond acceptors (Lipinski definition) is 5. The van der Waals surface area contributed by atoms with Gasteiger partial charge in [-0.15, -0.1) is 0 Å². The molecule has 6 nitrogen and oxygen atoms in total. The van der Waals surface area contributed by atoms with E-state index in [1.54, 1.807) is 0 Å². The van der Waals surface area contributed by atoms with Crippen LogP contribution in [0, 0.1) is 57.2 Å². The van der Waals surface area contributed by atoms with Crippen molar-refractivity contribution in [2.24, 2.45) is 57.2 Å². The Kier molecular flexibility index (Phi) is 9.73. The van der Waals surface area contributed by atoms with Gasteiger partial charge in [-0.05, 0) is 172 Å². The van der Waals surface area contributed by atoms with E-state index in [1.165, 1.54) is 74.3 Å². The molecule has 0 spiro atoms. The van der Waals surface area contributed by atoms with Crippen LogP contribution in [0.25, 0.3) is 0 Å². The minimum atomic E-state index is -2.94. The van der Waals surface area contributed by atoms with Crippen LogP contribution in [0.15, 0.2) is 35.5 Å². The van der Waals surface area contributed by atoms with Crippen molar-refractivity contribution < 1.29 is 18.3 Å². The predicted octanol–water partition coefficient (Wildman–Crippen LogP) is 8.84. The van der Waals surface area contributed by atoms with Crippen molar-refractivity contribution >= 4 is 15.8 Å². The number of aliphatic carboxylic acids is 1. The zero-order valence-corrected chi connectivity index (χ0v) is 34.0. The van der Waals surface area contributed by atoms with Crippen LogP contribution in [-0.4, -0.2) is 67.6 Å². The van der Waals surface area contributed by atoms with Crippen LogP contribution < -0.4 is 5.32 Å². The van der Waals surface area contributed by atoms with Gasteiger partial charge in [-0.3, -0.25) is 4.79 Å². The van der Waals surface area contributed by atoms with Gasteiger partial charge in [0.25, 0.3) is 0 Å². The van der Waals surface area contributed by atoms with Crippen molar-refractivity contribution in [1.29, 1.82) is 0 Å². The number of fused-ring (bicyclic) bond motifs is 7. The lowest BCUT2D eigenvalue weighted by Crippen LogP contribution is -2.68. The molecular weight excluding hydrogens is 653 g/mol. The Morgan fingerprint density at radius 3 is 2.27 bits per heavy atom. The van der Waals surface area contributed by atoms with Gasteiger partial charge in [0.05, 0.1) is 11.2 Å². The molecule has 1 heterocycles. The zero-order valence-electron chi connectivity index (χ0n) is 33.2. The maximum Gasteiger partial charge on any atom is 0.306 e. The second-order valence-electron chi connectivity index (χ2n) is 20.2. The molecule has 2 N–H and O–H groups in total. The summed E-state index contributed by atoms with van der Waals surface area (Å²) in [5.74, 6) is 2.40. The number of likely N-dealkylation sites (tertiary alicyclic amines) is 1. The Morgan fingerprint density at radius 2 is 1.65 bits per heavy atom. The fraction of sp³-hybridized carbons (Fsp3) is 0.841. The molecule has 0 aromatic heterocycles. The number of nitrogens with zero attached hydrogens (tertiary/aromatic N) is 1. The van der Waals surface area contributed by atoms with E-state index >= 15 is 0 Å². The van der Waals surface area contributed by atoms with Gasteiger partial charge in [-0.25, -0.2) is 8.42 Å². The normalized spacial score (nSPS) is 44.3. The first-order chi connectivity index (χ1) is 23.9. The second kappa shape index (κ2) is 13.1. The molecule has 7 rings (SSSR count). The third-order valence-corrected chi connectivity index (χ3v) is 19.5. The summed E-state index contributed by atoms with van der Waals surface area (Å²) in [5.41, 5.74) is 5.50. The maximum absolute atomic E-state index is 12.1. The van der Waals surface area contributed by atoms with E-state index in [2.05, 4.69) is 70.5 Å². The number of rotatable bonds is 8. The summed E-state index contributed by atoms with van der Waals surface area (Å²) in [6.07, 6.45) is 21.7. The van der Waals surface area contributed by atoms with Crippen LogP contribution in [-0.2, 0) is 14.6 Å². The van der Waals surface area contributed by atoms with E-state index in [9.17, 15) is 18.3 Å². The summed E-state index contributed by atoms with van der Waals surface area (Å²) in [7, 11) is -2.94. The molecule has 0 amide bonds. The van der Waals surface area contributed by atoms with E-state index < -0.39 is 15.8 Å². The molecule has 1 aliphatic heterocycles. The third-order valence-electron chi connectivity index (χ3n) is 17.8. The van der Waals surface area contributed by atoms with Gasteiger partial charge in [-0.2, -0.15) is 0 Å². The molecule has 51 heavy (non-hydrogen) atoms.